The number of fused-ring (bicyclic) bond motifs is 2. The fourth-order valence-corrected chi connectivity index (χ4v) is 2.34. The fourth-order valence-electron chi connectivity index (χ4n) is 2.34. The Morgan fingerprint density at radius 2 is 1.67 bits per heavy atom. The molecule has 1 heteroatoms. The van der Waals surface area contributed by atoms with Gasteiger partial charge in [0.25, 0.3) is 0 Å². The van der Waals surface area contributed by atoms with Gasteiger partial charge in [-0.1, -0.05) is 6.92 Å². The Morgan fingerprint density at radius 1 is 1.11 bits per heavy atom. The van der Waals surface area contributed by atoms with Crippen molar-refractivity contribution < 1.29 is 0 Å². The van der Waals surface area contributed by atoms with Gasteiger partial charge in [0.2, 0.25) is 0 Å². The molecule has 0 aromatic rings. The van der Waals surface area contributed by atoms with Gasteiger partial charge in [-0.3, -0.25) is 0 Å². The summed E-state index contributed by atoms with van der Waals surface area (Å²) < 4.78 is 0. The van der Waals surface area contributed by atoms with E-state index in [2.05, 4.69) is 12.2 Å². The van der Waals surface area contributed by atoms with Gasteiger partial charge in [-0.05, 0) is 31.6 Å². The van der Waals surface area contributed by atoms with Gasteiger partial charge in [-0.25, -0.2) is 0 Å². The van der Waals surface area contributed by atoms with E-state index in [-0.39, 0.29) is 0 Å². The molecule has 2 rings (SSSR count). The molecule has 0 unspecified atom stereocenters. The minimum absolute atomic E-state index is 0.888. The third-order valence-electron chi connectivity index (χ3n) is 2.71. The molecule has 52 valence electrons. The van der Waals surface area contributed by atoms with E-state index in [0.29, 0.717) is 0 Å². The van der Waals surface area contributed by atoms with Crippen LogP contribution >= 0.6 is 0 Å². The second kappa shape index (κ2) is 1.98. The zero-order valence-electron chi connectivity index (χ0n) is 6.06. The molecule has 0 saturated carbocycles. The number of rotatable bonds is 0. The first kappa shape index (κ1) is 5.72. The van der Waals surface area contributed by atoms with Crippen LogP contribution in [0.15, 0.2) is 0 Å². The smallest absolute Gasteiger partial charge is 0.00727 e. The summed E-state index contributed by atoms with van der Waals surface area (Å²) in [5.41, 5.74) is 0. The molecule has 0 aliphatic carbocycles. The molecular weight excluding hydrogens is 110 g/mol. The zero-order valence-corrected chi connectivity index (χ0v) is 6.06. The second-order valence-electron chi connectivity index (χ2n) is 3.71. The lowest BCUT2D eigenvalue weighted by Gasteiger charge is -2.25. The van der Waals surface area contributed by atoms with Crippen molar-refractivity contribution in [2.75, 3.05) is 0 Å². The van der Waals surface area contributed by atoms with Crippen LogP contribution in [0.1, 0.15) is 32.6 Å². The predicted molar refractivity (Wildman–Crippen MR) is 38.3 cm³/mol. The molecule has 1 nitrogen and oxygen atoms in total. The van der Waals surface area contributed by atoms with Crippen LogP contribution in [0.3, 0.4) is 0 Å². The Hall–Kier alpha value is -0.0400. The molecule has 9 heavy (non-hydrogen) atoms. The first-order chi connectivity index (χ1) is 4.34. The molecule has 0 aromatic carbocycles. The van der Waals surface area contributed by atoms with Gasteiger partial charge in [0.05, 0.1) is 0 Å². The maximum absolute atomic E-state index is 3.62. The molecule has 2 heterocycles. The molecule has 2 fully saturated rings. The van der Waals surface area contributed by atoms with E-state index in [0.717, 1.165) is 18.0 Å². The van der Waals surface area contributed by atoms with E-state index < -0.39 is 0 Å². The van der Waals surface area contributed by atoms with Gasteiger partial charge in [-0.15, -0.1) is 0 Å². The molecule has 2 aliphatic rings. The van der Waals surface area contributed by atoms with Crippen molar-refractivity contribution in [3.63, 3.8) is 0 Å². The quantitative estimate of drug-likeness (QED) is 0.518. The van der Waals surface area contributed by atoms with Crippen LogP contribution in [0, 0.1) is 5.92 Å². The highest BCUT2D eigenvalue weighted by atomic mass is 15.0. The van der Waals surface area contributed by atoms with Gasteiger partial charge < -0.3 is 5.32 Å². The maximum atomic E-state index is 3.62. The summed E-state index contributed by atoms with van der Waals surface area (Å²) in [4.78, 5) is 0. The molecule has 0 radical (unpaired) electrons. The van der Waals surface area contributed by atoms with Crippen molar-refractivity contribution in [3.05, 3.63) is 0 Å². The highest BCUT2D eigenvalue weighted by Gasteiger charge is 2.30. The molecule has 0 aromatic heterocycles. The minimum Gasteiger partial charge on any atom is -0.311 e. The SMILES string of the molecule is C[C@H]1C[C@H]2CC[C@@H](C1)N2. The van der Waals surface area contributed by atoms with Gasteiger partial charge in [0.1, 0.15) is 0 Å². The Balaban J connectivity index is 2.03. The lowest BCUT2D eigenvalue weighted by Crippen LogP contribution is -2.37. The Labute approximate surface area is 56.8 Å². The van der Waals surface area contributed by atoms with Crippen LogP contribution in [0.25, 0.3) is 0 Å². The molecule has 3 atom stereocenters. The summed E-state index contributed by atoms with van der Waals surface area (Å²) in [5, 5.41) is 3.62. The van der Waals surface area contributed by atoms with E-state index >= 15 is 0 Å². The summed E-state index contributed by atoms with van der Waals surface area (Å²) in [6, 6.07) is 1.78. The monoisotopic (exact) mass is 125 g/mol. The molecular formula is C8H15N. The van der Waals surface area contributed by atoms with E-state index in [1.807, 2.05) is 0 Å². The van der Waals surface area contributed by atoms with Crippen LogP contribution in [-0.4, -0.2) is 12.1 Å². The number of hydrogen-bond acceptors (Lipinski definition) is 1. The zero-order chi connectivity index (χ0) is 6.27. The average Bonchev–Trinajstić information content (AvgIpc) is 2.11. The fraction of sp³-hybridized carbons (Fsp3) is 1.00. The largest absolute Gasteiger partial charge is 0.311 e. The molecule has 0 amide bonds. The minimum atomic E-state index is 0.888. The first-order valence-electron chi connectivity index (χ1n) is 4.10. The van der Waals surface area contributed by atoms with Crippen LogP contribution in [0.4, 0.5) is 0 Å². The lowest BCUT2D eigenvalue weighted by atomic mass is 9.95. The summed E-state index contributed by atoms with van der Waals surface area (Å²) in [5.74, 6) is 0.990. The lowest BCUT2D eigenvalue weighted by molar-refractivity contribution is 0.319. The highest BCUT2D eigenvalue weighted by Crippen LogP contribution is 2.29. The standard InChI is InChI=1S/C8H15N/c1-6-4-7-2-3-8(5-6)9-7/h6-9H,2-5H2,1H3/t6-,7+,8-. The van der Waals surface area contributed by atoms with Crippen molar-refractivity contribution in [1.82, 2.24) is 5.32 Å². The first-order valence-corrected chi connectivity index (χ1v) is 4.10. The summed E-state index contributed by atoms with van der Waals surface area (Å²) >= 11 is 0. The number of hydrogen-bond donors (Lipinski definition) is 1. The highest BCUT2D eigenvalue weighted by molar-refractivity contribution is 4.90. The van der Waals surface area contributed by atoms with Crippen LogP contribution < -0.4 is 5.32 Å². The molecule has 2 saturated heterocycles. The Kier molecular flexibility index (Phi) is 1.26. The Morgan fingerprint density at radius 3 is 2.22 bits per heavy atom. The van der Waals surface area contributed by atoms with Crippen molar-refractivity contribution in [1.29, 1.82) is 0 Å². The summed E-state index contributed by atoms with van der Waals surface area (Å²) in [6.45, 7) is 2.38. The molecule has 1 N–H and O–H groups in total. The molecule has 2 aliphatic heterocycles. The average molecular weight is 125 g/mol. The molecule has 0 spiro atoms. The van der Waals surface area contributed by atoms with E-state index in [9.17, 15) is 0 Å². The van der Waals surface area contributed by atoms with E-state index in [1.165, 1.54) is 25.7 Å². The van der Waals surface area contributed by atoms with Crippen LogP contribution in [-0.2, 0) is 0 Å². The van der Waals surface area contributed by atoms with Gasteiger partial charge in [0, 0.05) is 12.1 Å². The topological polar surface area (TPSA) is 12.0 Å². The predicted octanol–water partition coefficient (Wildman–Crippen LogP) is 1.54. The van der Waals surface area contributed by atoms with Crippen molar-refractivity contribution >= 4 is 0 Å². The maximum Gasteiger partial charge on any atom is 0.00727 e. The summed E-state index contributed by atoms with van der Waals surface area (Å²) in [7, 11) is 0. The number of nitrogens with one attached hydrogen (secondary N) is 1. The van der Waals surface area contributed by atoms with Crippen molar-refractivity contribution in [3.8, 4) is 0 Å². The van der Waals surface area contributed by atoms with E-state index in [1.54, 1.807) is 0 Å². The van der Waals surface area contributed by atoms with Gasteiger partial charge in [-0.2, -0.15) is 0 Å². The number of piperidine rings is 1. The molecule has 2 bridgehead atoms. The third kappa shape index (κ3) is 0.983. The normalized spacial score (nSPS) is 49.7. The van der Waals surface area contributed by atoms with E-state index in [4.69, 9.17) is 0 Å². The van der Waals surface area contributed by atoms with Gasteiger partial charge in [0.15, 0.2) is 0 Å². The third-order valence-corrected chi connectivity index (χ3v) is 2.71. The summed E-state index contributed by atoms with van der Waals surface area (Å²) in [6.07, 6.45) is 5.73. The van der Waals surface area contributed by atoms with Crippen LogP contribution in [0.2, 0.25) is 0 Å². The van der Waals surface area contributed by atoms with Gasteiger partial charge >= 0.3 is 0 Å². The van der Waals surface area contributed by atoms with Crippen LogP contribution in [0.5, 0.6) is 0 Å². The van der Waals surface area contributed by atoms with Crippen molar-refractivity contribution in [2.45, 2.75) is 44.7 Å². The van der Waals surface area contributed by atoms with Crippen molar-refractivity contribution in [2.24, 2.45) is 5.92 Å². The Bertz CT molecular complexity index is 99.1. The second-order valence-corrected chi connectivity index (χ2v) is 3.71.